The Morgan fingerprint density at radius 3 is 2.06 bits per heavy atom. The molecule has 0 rings (SSSR count). The van der Waals surface area contributed by atoms with Crippen LogP contribution in [-0.2, 0) is 0 Å². The predicted octanol–water partition coefficient (Wildman–Crippen LogP) is 1.91. The molecule has 0 radical (unpaired) electrons. The van der Waals surface area contributed by atoms with Crippen LogP contribution in [0.5, 0.6) is 0 Å². The van der Waals surface area contributed by atoms with E-state index in [2.05, 4.69) is 55.1 Å². The van der Waals surface area contributed by atoms with Crippen molar-refractivity contribution in [3.05, 3.63) is 0 Å². The molecule has 0 aromatic rings. The Morgan fingerprint density at radius 2 is 1.71 bits per heavy atom. The highest BCUT2D eigenvalue weighted by Crippen LogP contribution is 1.96. The third-order valence-electron chi connectivity index (χ3n) is 2.65. The van der Waals surface area contributed by atoms with Crippen LogP contribution in [0.3, 0.4) is 0 Å². The first-order valence-electron chi connectivity index (χ1n) is 6.26. The highest BCUT2D eigenvalue weighted by Gasteiger charge is 2.10. The monoisotopic (exact) mass is 356 g/mol. The molecule has 0 saturated heterocycles. The van der Waals surface area contributed by atoms with E-state index in [9.17, 15) is 0 Å². The zero-order valence-corrected chi connectivity index (χ0v) is 14.4. The molecule has 5 heteroatoms. The van der Waals surface area contributed by atoms with Crippen LogP contribution in [0.2, 0.25) is 0 Å². The molecule has 17 heavy (non-hydrogen) atoms. The minimum atomic E-state index is 0. The Kier molecular flexibility index (Phi) is 12.6. The third kappa shape index (κ3) is 8.65. The second-order valence-electron chi connectivity index (χ2n) is 4.32. The molecule has 0 spiro atoms. The highest BCUT2D eigenvalue weighted by molar-refractivity contribution is 14.0. The van der Waals surface area contributed by atoms with Gasteiger partial charge in [-0.25, -0.2) is 0 Å². The molecule has 0 aliphatic carbocycles. The molecule has 104 valence electrons. The summed E-state index contributed by atoms with van der Waals surface area (Å²) in [6.07, 6.45) is 0. The van der Waals surface area contributed by atoms with Crippen LogP contribution < -0.4 is 10.6 Å². The normalized spacial score (nSPS) is 13.5. The number of nitrogens with one attached hydrogen (secondary N) is 2. The summed E-state index contributed by atoms with van der Waals surface area (Å²) in [4.78, 5) is 6.61. The van der Waals surface area contributed by atoms with Crippen LogP contribution >= 0.6 is 24.0 Å². The molecule has 1 atom stereocenters. The van der Waals surface area contributed by atoms with Crippen LogP contribution in [-0.4, -0.2) is 49.6 Å². The molecule has 1 unspecified atom stereocenters. The van der Waals surface area contributed by atoms with E-state index in [4.69, 9.17) is 0 Å². The summed E-state index contributed by atoms with van der Waals surface area (Å²) in [5, 5.41) is 6.63. The minimum Gasteiger partial charge on any atom is -0.355 e. The second kappa shape index (κ2) is 11.1. The maximum absolute atomic E-state index is 4.19. The summed E-state index contributed by atoms with van der Waals surface area (Å²) < 4.78 is 0. The van der Waals surface area contributed by atoms with E-state index in [1.54, 1.807) is 7.05 Å². The largest absolute Gasteiger partial charge is 0.355 e. The fourth-order valence-electron chi connectivity index (χ4n) is 1.69. The molecule has 4 nitrogen and oxygen atoms in total. The van der Waals surface area contributed by atoms with Gasteiger partial charge in [0.05, 0.1) is 0 Å². The molecule has 0 aromatic heterocycles. The Balaban J connectivity index is 0. The van der Waals surface area contributed by atoms with Gasteiger partial charge in [0.15, 0.2) is 5.96 Å². The minimum absolute atomic E-state index is 0. The van der Waals surface area contributed by atoms with E-state index in [0.717, 1.165) is 25.6 Å². The van der Waals surface area contributed by atoms with Crippen LogP contribution in [0, 0.1) is 0 Å². The number of nitrogens with zero attached hydrogens (tertiary/aromatic N) is 2. The molecule has 0 saturated carbocycles. The van der Waals surface area contributed by atoms with E-state index < -0.39 is 0 Å². The number of hydrogen-bond donors (Lipinski definition) is 2. The number of rotatable bonds is 6. The third-order valence-corrected chi connectivity index (χ3v) is 2.65. The Hall–Kier alpha value is -0.0400. The molecule has 0 bridgehead atoms. The maximum atomic E-state index is 4.19. The van der Waals surface area contributed by atoms with Gasteiger partial charge in [0.1, 0.15) is 0 Å². The lowest BCUT2D eigenvalue weighted by Crippen LogP contribution is -2.47. The fraction of sp³-hybridized carbons (Fsp3) is 0.917. The summed E-state index contributed by atoms with van der Waals surface area (Å²) >= 11 is 0. The fourth-order valence-corrected chi connectivity index (χ4v) is 1.69. The van der Waals surface area contributed by atoms with E-state index in [1.807, 2.05) is 0 Å². The van der Waals surface area contributed by atoms with Gasteiger partial charge in [-0.3, -0.25) is 9.89 Å². The van der Waals surface area contributed by atoms with E-state index >= 15 is 0 Å². The van der Waals surface area contributed by atoms with Gasteiger partial charge in [-0.1, -0.05) is 13.8 Å². The average molecular weight is 356 g/mol. The molecule has 0 fully saturated rings. The van der Waals surface area contributed by atoms with Crippen molar-refractivity contribution in [2.24, 2.45) is 4.99 Å². The lowest BCUT2D eigenvalue weighted by Gasteiger charge is -2.27. The van der Waals surface area contributed by atoms with E-state index in [-0.39, 0.29) is 24.0 Å². The topological polar surface area (TPSA) is 39.7 Å². The highest BCUT2D eigenvalue weighted by atomic mass is 127. The zero-order chi connectivity index (χ0) is 12.6. The molecule has 0 aliphatic heterocycles. The summed E-state index contributed by atoms with van der Waals surface area (Å²) in [6, 6.07) is 0.940. The lowest BCUT2D eigenvalue weighted by atomic mass is 10.3. The van der Waals surface area contributed by atoms with Crippen molar-refractivity contribution in [3.8, 4) is 0 Å². The SMILES string of the molecule is CCN(CC)C(C)CNC(=NC)NC(C)C.I. The number of aliphatic imine (C=N–C) groups is 1. The van der Waals surface area contributed by atoms with Gasteiger partial charge in [0.25, 0.3) is 0 Å². The molecule has 2 N–H and O–H groups in total. The van der Waals surface area contributed by atoms with Crippen molar-refractivity contribution < 1.29 is 0 Å². The second-order valence-corrected chi connectivity index (χ2v) is 4.32. The molecular formula is C12H29IN4. The van der Waals surface area contributed by atoms with Gasteiger partial charge in [-0.15, -0.1) is 24.0 Å². The van der Waals surface area contributed by atoms with Crippen molar-refractivity contribution in [2.75, 3.05) is 26.7 Å². The Morgan fingerprint density at radius 1 is 1.18 bits per heavy atom. The Labute approximate surface area is 124 Å². The van der Waals surface area contributed by atoms with E-state index in [1.165, 1.54) is 0 Å². The summed E-state index contributed by atoms with van der Waals surface area (Å²) in [7, 11) is 1.81. The van der Waals surface area contributed by atoms with E-state index in [0.29, 0.717) is 12.1 Å². The van der Waals surface area contributed by atoms with Crippen molar-refractivity contribution in [3.63, 3.8) is 0 Å². The molecule has 0 aliphatic rings. The van der Waals surface area contributed by atoms with Gasteiger partial charge in [0, 0.05) is 25.7 Å². The zero-order valence-electron chi connectivity index (χ0n) is 12.1. The number of halogens is 1. The standard InChI is InChI=1S/C12H28N4.HI/c1-7-16(8-2)11(5)9-14-12(13-6)15-10(3)4;/h10-11H,7-9H2,1-6H3,(H2,13,14,15);1H. The first kappa shape index (κ1) is 19.3. The van der Waals surface area contributed by atoms with Gasteiger partial charge in [-0.05, 0) is 33.9 Å². The Bertz CT molecular complexity index is 203. The predicted molar refractivity (Wildman–Crippen MR) is 87.4 cm³/mol. The van der Waals surface area contributed by atoms with Crippen LogP contribution in [0.1, 0.15) is 34.6 Å². The van der Waals surface area contributed by atoms with Crippen LogP contribution in [0.4, 0.5) is 0 Å². The summed E-state index contributed by atoms with van der Waals surface area (Å²) in [5.74, 6) is 0.883. The van der Waals surface area contributed by atoms with Crippen molar-refractivity contribution >= 4 is 29.9 Å². The summed E-state index contributed by atoms with van der Waals surface area (Å²) in [6.45, 7) is 14.0. The molecule has 0 aromatic carbocycles. The van der Waals surface area contributed by atoms with Crippen LogP contribution in [0.25, 0.3) is 0 Å². The van der Waals surface area contributed by atoms with Crippen molar-refractivity contribution in [2.45, 2.75) is 46.7 Å². The average Bonchev–Trinajstić information content (AvgIpc) is 2.25. The number of guanidine groups is 1. The first-order chi connectivity index (χ1) is 7.54. The first-order valence-corrected chi connectivity index (χ1v) is 6.26. The number of hydrogen-bond acceptors (Lipinski definition) is 2. The van der Waals surface area contributed by atoms with Gasteiger partial charge >= 0.3 is 0 Å². The molecular weight excluding hydrogens is 327 g/mol. The smallest absolute Gasteiger partial charge is 0.191 e. The molecule has 0 amide bonds. The van der Waals surface area contributed by atoms with Gasteiger partial charge < -0.3 is 10.6 Å². The summed E-state index contributed by atoms with van der Waals surface area (Å²) in [5.41, 5.74) is 0. The van der Waals surface area contributed by atoms with Gasteiger partial charge in [-0.2, -0.15) is 0 Å². The maximum Gasteiger partial charge on any atom is 0.191 e. The van der Waals surface area contributed by atoms with Crippen LogP contribution in [0.15, 0.2) is 4.99 Å². The van der Waals surface area contributed by atoms with Crippen molar-refractivity contribution in [1.29, 1.82) is 0 Å². The van der Waals surface area contributed by atoms with Crippen molar-refractivity contribution in [1.82, 2.24) is 15.5 Å². The number of likely N-dealkylation sites (N-methyl/N-ethyl adjacent to an activating group) is 1. The van der Waals surface area contributed by atoms with Gasteiger partial charge in [0.2, 0.25) is 0 Å². The quantitative estimate of drug-likeness (QED) is 0.434. The molecule has 0 heterocycles. The lowest BCUT2D eigenvalue weighted by molar-refractivity contribution is 0.231.